The highest BCUT2D eigenvalue weighted by atomic mass is 14.9. The van der Waals surface area contributed by atoms with Crippen LogP contribution in [0.25, 0.3) is 0 Å². The summed E-state index contributed by atoms with van der Waals surface area (Å²) in [4.78, 5) is 0. The maximum atomic E-state index is 3.22. The van der Waals surface area contributed by atoms with Gasteiger partial charge in [-0.1, -0.05) is 19.3 Å². The molecule has 1 heterocycles. The average Bonchev–Trinajstić information content (AvgIpc) is 2.55. The molecule has 0 aromatic heterocycles. The van der Waals surface area contributed by atoms with Crippen molar-refractivity contribution < 1.29 is 0 Å². The third kappa shape index (κ3) is 4.13. The molecule has 1 aliphatic heterocycles. The van der Waals surface area contributed by atoms with Crippen LogP contribution < -0.4 is 5.32 Å². The Balaban J connectivity index is 0.0000000907. The first-order valence-corrected chi connectivity index (χ1v) is 3.71. The van der Waals surface area contributed by atoms with E-state index in [0.717, 1.165) is 0 Å². The number of nitrogens with one attached hydrogen (secondary N) is 1. The molecule has 0 spiro atoms. The lowest BCUT2D eigenvalue weighted by Gasteiger charge is -1.76. The molecule has 0 bridgehead atoms. The van der Waals surface area contributed by atoms with E-state index in [1.54, 1.807) is 0 Å². The van der Waals surface area contributed by atoms with E-state index in [1.807, 2.05) is 0 Å². The molecule has 0 unspecified atom stereocenters. The van der Waals surface area contributed by atoms with Gasteiger partial charge in [-0.15, -0.1) is 0 Å². The highest BCUT2D eigenvalue weighted by Gasteiger charge is 1.95. The number of hydrogen-bond donors (Lipinski definition) is 1. The number of rotatable bonds is 0. The van der Waals surface area contributed by atoms with E-state index in [2.05, 4.69) is 5.32 Å². The predicted octanol–water partition coefficient (Wildman–Crippen LogP) is 1.54. The maximum absolute atomic E-state index is 3.22. The van der Waals surface area contributed by atoms with E-state index in [9.17, 15) is 0 Å². The minimum absolute atomic E-state index is 1.25. The molecule has 1 aliphatic carbocycles. The molecule has 1 saturated carbocycles. The second-order valence-corrected chi connectivity index (χ2v) is 2.52. The fourth-order valence-corrected chi connectivity index (χ4v) is 0.625. The topological polar surface area (TPSA) is 12.0 Å². The standard InChI is InChI=1S/C4H9N.C3H6/c1-2-4-5-3-1;1-2-3-1/h5H,1-4H2;1-3H2. The first-order valence-electron chi connectivity index (χ1n) is 3.71. The zero-order valence-electron chi connectivity index (χ0n) is 5.45. The van der Waals surface area contributed by atoms with Crippen molar-refractivity contribution in [1.82, 2.24) is 5.32 Å². The smallest absolute Gasteiger partial charge is 0.00484 e. The van der Waals surface area contributed by atoms with E-state index in [4.69, 9.17) is 0 Å². The van der Waals surface area contributed by atoms with Crippen molar-refractivity contribution in [2.45, 2.75) is 32.1 Å². The lowest BCUT2D eigenvalue weighted by molar-refractivity contribution is 0.857. The number of hydrogen-bond acceptors (Lipinski definition) is 1. The van der Waals surface area contributed by atoms with Gasteiger partial charge in [-0.05, 0) is 25.9 Å². The highest BCUT2D eigenvalue weighted by molar-refractivity contribution is 4.55. The van der Waals surface area contributed by atoms with Gasteiger partial charge in [0, 0.05) is 0 Å². The van der Waals surface area contributed by atoms with Crippen molar-refractivity contribution in [2.24, 2.45) is 0 Å². The Labute approximate surface area is 51.5 Å². The van der Waals surface area contributed by atoms with Crippen molar-refractivity contribution in [3.05, 3.63) is 0 Å². The van der Waals surface area contributed by atoms with Gasteiger partial charge in [0.05, 0.1) is 0 Å². The Morgan fingerprint density at radius 1 is 0.625 bits per heavy atom. The molecule has 1 saturated heterocycles. The molecule has 1 nitrogen and oxygen atoms in total. The van der Waals surface area contributed by atoms with Crippen molar-refractivity contribution >= 4 is 0 Å². The molecule has 0 aromatic rings. The van der Waals surface area contributed by atoms with Crippen LogP contribution >= 0.6 is 0 Å². The van der Waals surface area contributed by atoms with Crippen LogP contribution in [-0.4, -0.2) is 13.1 Å². The Bertz CT molecular complexity index is 36.0. The summed E-state index contributed by atoms with van der Waals surface area (Å²) in [5.41, 5.74) is 0. The van der Waals surface area contributed by atoms with E-state index < -0.39 is 0 Å². The first kappa shape index (κ1) is 6.09. The van der Waals surface area contributed by atoms with Crippen LogP contribution in [0.3, 0.4) is 0 Å². The molecule has 0 atom stereocenters. The second kappa shape index (κ2) is 3.90. The van der Waals surface area contributed by atoms with E-state index >= 15 is 0 Å². The summed E-state index contributed by atoms with van der Waals surface area (Å²) in [6, 6.07) is 0. The van der Waals surface area contributed by atoms with Gasteiger partial charge in [-0.2, -0.15) is 0 Å². The molecule has 48 valence electrons. The van der Waals surface area contributed by atoms with E-state index in [0.29, 0.717) is 0 Å². The van der Waals surface area contributed by atoms with Gasteiger partial charge >= 0.3 is 0 Å². The average molecular weight is 113 g/mol. The summed E-state index contributed by atoms with van der Waals surface area (Å²) < 4.78 is 0. The van der Waals surface area contributed by atoms with Crippen molar-refractivity contribution in [3.63, 3.8) is 0 Å². The zero-order chi connectivity index (χ0) is 5.66. The second-order valence-electron chi connectivity index (χ2n) is 2.52. The predicted molar refractivity (Wildman–Crippen MR) is 36.0 cm³/mol. The van der Waals surface area contributed by atoms with E-state index in [1.165, 1.54) is 45.2 Å². The fraction of sp³-hybridized carbons (Fsp3) is 1.00. The van der Waals surface area contributed by atoms with Crippen LogP contribution in [-0.2, 0) is 0 Å². The van der Waals surface area contributed by atoms with Crippen LogP contribution in [0, 0.1) is 0 Å². The maximum Gasteiger partial charge on any atom is -0.00484 e. The monoisotopic (exact) mass is 113 g/mol. The summed E-state index contributed by atoms with van der Waals surface area (Å²) in [7, 11) is 0. The van der Waals surface area contributed by atoms with Gasteiger partial charge in [-0.25, -0.2) is 0 Å². The quantitative estimate of drug-likeness (QED) is 0.502. The lowest BCUT2D eigenvalue weighted by atomic mass is 10.4. The Hall–Kier alpha value is -0.0400. The van der Waals surface area contributed by atoms with Gasteiger partial charge in [-0.3, -0.25) is 0 Å². The highest BCUT2D eigenvalue weighted by Crippen LogP contribution is 2.14. The minimum Gasteiger partial charge on any atom is -0.317 e. The summed E-state index contributed by atoms with van der Waals surface area (Å²) in [6.07, 6.45) is 7.28. The molecule has 0 aromatic carbocycles. The molecule has 8 heavy (non-hydrogen) atoms. The Morgan fingerprint density at radius 3 is 1.25 bits per heavy atom. The van der Waals surface area contributed by atoms with Crippen LogP contribution in [0.15, 0.2) is 0 Å². The SMILES string of the molecule is C1CC1.C1CCNC1. The molecule has 2 rings (SSSR count). The molecule has 2 aliphatic rings. The van der Waals surface area contributed by atoms with Crippen LogP contribution in [0.2, 0.25) is 0 Å². The molecule has 2 fully saturated rings. The largest absolute Gasteiger partial charge is 0.317 e. The summed E-state index contributed by atoms with van der Waals surface area (Å²) >= 11 is 0. The molecular formula is C7H15N. The summed E-state index contributed by atoms with van der Waals surface area (Å²) in [5.74, 6) is 0. The summed E-state index contributed by atoms with van der Waals surface area (Å²) in [5, 5.41) is 3.22. The third-order valence-electron chi connectivity index (χ3n) is 1.31. The minimum atomic E-state index is 1.25. The van der Waals surface area contributed by atoms with Crippen molar-refractivity contribution in [1.29, 1.82) is 0 Å². The molecule has 0 amide bonds. The van der Waals surface area contributed by atoms with Crippen LogP contribution in [0.4, 0.5) is 0 Å². The molecule has 1 N–H and O–H groups in total. The third-order valence-corrected chi connectivity index (χ3v) is 1.31. The van der Waals surface area contributed by atoms with Gasteiger partial charge in [0.25, 0.3) is 0 Å². The zero-order valence-corrected chi connectivity index (χ0v) is 5.45. The van der Waals surface area contributed by atoms with Crippen LogP contribution in [0.1, 0.15) is 32.1 Å². The Morgan fingerprint density at radius 2 is 1.12 bits per heavy atom. The van der Waals surface area contributed by atoms with Gasteiger partial charge in [0.1, 0.15) is 0 Å². The van der Waals surface area contributed by atoms with Gasteiger partial charge in [0.15, 0.2) is 0 Å². The Kier molecular flexibility index (Phi) is 2.97. The molecule has 1 heteroatoms. The lowest BCUT2D eigenvalue weighted by Crippen LogP contribution is -2.03. The van der Waals surface area contributed by atoms with E-state index in [-0.39, 0.29) is 0 Å². The normalized spacial score (nSPS) is 24.0. The fourth-order valence-electron chi connectivity index (χ4n) is 0.625. The molecular weight excluding hydrogens is 98.1 g/mol. The molecule has 0 radical (unpaired) electrons. The van der Waals surface area contributed by atoms with Crippen molar-refractivity contribution in [3.8, 4) is 0 Å². The van der Waals surface area contributed by atoms with Gasteiger partial charge in [0.2, 0.25) is 0 Å². The van der Waals surface area contributed by atoms with Gasteiger partial charge < -0.3 is 5.32 Å². The first-order chi connectivity index (χ1) is 4.00. The van der Waals surface area contributed by atoms with Crippen LogP contribution in [0.5, 0.6) is 0 Å². The summed E-state index contributed by atoms with van der Waals surface area (Å²) in [6.45, 7) is 2.50. The van der Waals surface area contributed by atoms with Crippen molar-refractivity contribution in [2.75, 3.05) is 13.1 Å².